The standard InChI is InChI=1S/C19H20N4OS2/c24-18(23-9-7-22(8-10-23)13-4-2-1-3-5-13)17-15-12-26-19-14(6-11-25-19)16(15)20-21-17/h1-6,11,15-16,20H,7-10,12H2. The highest BCUT2D eigenvalue weighted by Crippen LogP contribution is 2.45. The second-order valence-corrected chi connectivity index (χ2v) is 9.00. The molecular formula is C19H20N4OS2. The van der Waals surface area contributed by atoms with Crippen LogP contribution in [0.3, 0.4) is 0 Å². The highest BCUT2D eigenvalue weighted by atomic mass is 32.2. The Labute approximate surface area is 161 Å². The van der Waals surface area contributed by atoms with Crippen LogP contribution in [0, 0.1) is 5.92 Å². The number of fused-ring (bicyclic) bond motifs is 3. The summed E-state index contributed by atoms with van der Waals surface area (Å²) in [4.78, 5) is 17.4. The summed E-state index contributed by atoms with van der Waals surface area (Å²) in [5, 5.41) is 6.59. The third-order valence-electron chi connectivity index (χ3n) is 5.37. The van der Waals surface area contributed by atoms with Gasteiger partial charge in [-0.1, -0.05) is 18.2 Å². The van der Waals surface area contributed by atoms with E-state index in [0.29, 0.717) is 5.71 Å². The highest BCUT2D eigenvalue weighted by molar-refractivity contribution is 8.01. The summed E-state index contributed by atoms with van der Waals surface area (Å²) in [6, 6.07) is 12.7. The molecule has 0 radical (unpaired) electrons. The number of hydrogen-bond acceptors (Lipinski definition) is 6. The van der Waals surface area contributed by atoms with Gasteiger partial charge in [0.25, 0.3) is 5.91 Å². The number of para-hydroxylation sites is 1. The minimum Gasteiger partial charge on any atom is -0.368 e. The van der Waals surface area contributed by atoms with Crippen LogP contribution in [0.25, 0.3) is 0 Å². The zero-order valence-electron chi connectivity index (χ0n) is 14.3. The zero-order valence-corrected chi connectivity index (χ0v) is 15.9. The summed E-state index contributed by atoms with van der Waals surface area (Å²) in [5.74, 6) is 1.22. The van der Waals surface area contributed by atoms with Crippen molar-refractivity contribution in [2.24, 2.45) is 11.0 Å². The molecule has 0 bridgehead atoms. The van der Waals surface area contributed by atoms with Crippen molar-refractivity contribution in [3.8, 4) is 0 Å². The fourth-order valence-electron chi connectivity index (χ4n) is 3.92. The van der Waals surface area contributed by atoms with Gasteiger partial charge in [0.2, 0.25) is 0 Å². The lowest BCUT2D eigenvalue weighted by Gasteiger charge is -2.36. The normalized spacial score (nSPS) is 24.5. The molecule has 0 spiro atoms. The van der Waals surface area contributed by atoms with Crippen LogP contribution >= 0.6 is 23.1 Å². The minimum absolute atomic E-state index is 0.108. The van der Waals surface area contributed by atoms with E-state index in [2.05, 4.69) is 51.1 Å². The Kier molecular flexibility index (Phi) is 4.13. The topological polar surface area (TPSA) is 47.9 Å². The first-order chi connectivity index (χ1) is 12.8. The molecule has 1 amide bonds. The molecule has 134 valence electrons. The number of nitrogens with zero attached hydrogens (tertiary/aromatic N) is 3. The van der Waals surface area contributed by atoms with Gasteiger partial charge in [-0.15, -0.1) is 23.1 Å². The Morgan fingerprint density at radius 1 is 1.12 bits per heavy atom. The van der Waals surface area contributed by atoms with Gasteiger partial charge in [0.15, 0.2) is 0 Å². The number of anilines is 1. The maximum Gasteiger partial charge on any atom is 0.270 e. The number of nitrogens with one attached hydrogen (secondary N) is 1. The van der Waals surface area contributed by atoms with Crippen LogP contribution in [0.2, 0.25) is 0 Å². The first-order valence-electron chi connectivity index (χ1n) is 8.94. The number of benzene rings is 1. The molecule has 1 saturated heterocycles. The van der Waals surface area contributed by atoms with Crippen LogP contribution in [0.5, 0.6) is 0 Å². The SMILES string of the molecule is O=C(C1=NNC2c3ccsc3SCC12)N1CCN(c2ccccc2)CC1. The molecule has 1 aromatic heterocycles. The molecule has 2 unspecified atom stereocenters. The molecule has 2 atom stereocenters. The van der Waals surface area contributed by atoms with Gasteiger partial charge in [-0.2, -0.15) is 5.10 Å². The fraction of sp³-hybridized carbons (Fsp3) is 0.368. The summed E-state index contributed by atoms with van der Waals surface area (Å²) < 4.78 is 1.36. The molecule has 3 aliphatic rings. The quantitative estimate of drug-likeness (QED) is 0.865. The number of carbonyl (C=O) groups excluding carboxylic acids is 1. The van der Waals surface area contributed by atoms with Gasteiger partial charge in [0.05, 0.1) is 10.3 Å². The first-order valence-corrected chi connectivity index (χ1v) is 10.8. The van der Waals surface area contributed by atoms with E-state index in [9.17, 15) is 4.79 Å². The van der Waals surface area contributed by atoms with Gasteiger partial charge in [0, 0.05) is 49.1 Å². The molecule has 1 N–H and O–H groups in total. The summed E-state index contributed by atoms with van der Waals surface area (Å²) in [6.07, 6.45) is 0. The van der Waals surface area contributed by atoms with E-state index in [1.165, 1.54) is 15.5 Å². The van der Waals surface area contributed by atoms with E-state index >= 15 is 0 Å². The molecule has 26 heavy (non-hydrogen) atoms. The molecule has 0 aliphatic carbocycles. The number of hydrogen-bond donors (Lipinski definition) is 1. The Hall–Kier alpha value is -1.99. The Balaban J connectivity index is 1.26. The fourth-order valence-corrected chi connectivity index (χ4v) is 6.28. The second kappa shape index (κ2) is 6.63. The van der Waals surface area contributed by atoms with Gasteiger partial charge in [0.1, 0.15) is 5.71 Å². The van der Waals surface area contributed by atoms with Crippen LogP contribution in [0.1, 0.15) is 11.6 Å². The van der Waals surface area contributed by atoms with Crippen molar-refractivity contribution in [1.82, 2.24) is 10.3 Å². The summed E-state index contributed by atoms with van der Waals surface area (Å²) >= 11 is 3.64. The van der Waals surface area contributed by atoms with Gasteiger partial charge in [-0.3, -0.25) is 4.79 Å². The first kappa shape index (κ1) is 16.2. The predicted molar refractivity (Wildman–Crippen MR) is 107 cm³/mol. The molecule has 4 heterocycles. The molecule has 1 fully saturated rings. The lowest BCUT2D eigenvalue weighted by atomic mass is 9.92. The number of hydrazone groups is 1. The maximum atomic E-state index is 13.1. The molecule has 0 saturated carbocycles. The van der Waals surface area contributed by atoms with E-state index < -0.39 is 0 Å². The van der Waals surface area contributed by atoms with Crippen molar-refractivity contribution in [3.05, 3.63) is 47.3 Å². The van der Waals surface area contributed by atoms with E-state index in [-0.39, 0.29) is 17.9 Å². The third kappa shape index (κ3) is 2.70. The molecule has 2 aromatic rings. The lowest BCUT2D eigenvalue weighted by Crippen LogP contribution is -2.51. The van der Waals surface area contributed by atoms with Crippen LogP contribution < -0.4 is 10.3 Å². The summed E-state index contributed by atoms with van der Waals surface area (Å²) in [5.41, 5.74) is 6.48. The number of thioether (sulfide) groups is 1. The Morgan fingerprint density at radius 3 is 2.73 bits per heavy atom. The largest absolute Gasteiger partial charge is 0.368 e. The summed E-state index contributed by atoms with van der Waals surface area (Å²) in [6.45, 7) is 3.24. The van der Waals surface area contributed by atoms with Crippen molar-refractivity contribution in [1.29, 1.82) is 0 Å². The molecule has 5 rings (SSSR count). The van der Waals surface area contributed by atoms with Gasteiger partial charge in [-0.05, 0) is 23.6 Å². The van der Waals surface area contributed by atoms with Crippen molar-refractivity contribution >= 4 is 40.4 Å². The highest BCUT2D eigenvalue weighted by Gasteiger charge is 2.42. The van der Waals surface area contributed by atoms with Gasteiger partial charge < -0.3 is 15.2 Å². The predicted octanol–water partition coefficient (Wildman–Crippen LogP) is 2.82. The molecule has 7 heteroatoms. The second-order valence-electron chi connectivity index (χ2n) is 6.80. The van der Waals surface area contributed by atoms with Crippen molar-refractivity contribution < 1.29 is 4.79 Å². The van der Waals surface area contributed by atoms with E-state index in [4.69, 9.17) is 0 Å². The monoisotopic (exact) mass is 384 g/mol. The third-order valence-corrected chi connectivity index (χ3v) is 7.76. The molecular weight excluding hydrogens is 364 g/mol. The molecule has 3 aliphatic heterocycles. The van der Waals surface area contributed by atoms with E-state index in [0.717, 1.165) is 31.9 Å². The van der Waals surface area contributed by atoms with Gasteiger partial charge in [-0.25, -0.2) is 0 Å². The van der Waals surface area contributed by atoms with E-state index in [1.54, 1.807) is 11.3 Å². The van der Waals surface area contributed by atoms with Crippen LogP contribution in [-0.4, -0.2) is 48.5 Å². The lowest BCUT2D eigenvalue weighted by molar-refractivity contribution is -0.124. The maximum absolute atomic E-state index is 13.1. The van der Waals surface area contributed by atoms with Crippen LogP contribution in [0.4, 0.5) is 5.69 Å². The average Bonchev–Trinajstić information content (AvgIpc) is 3.34. The molecule has 1 aromatic carbocycles. The number of amides is 1. The number of thiophene rings is 1. The van der Waals surface area contributed by atoms with Crippen molar-refractivity contribution in [3.63, 3.8) is 0 Å². The Bertz CT molecular complexity index is 842. The van der Waals surface area contributed by atoms with Gasteiger partial charge >= 0.3 is 0 Å². The number of rotatable bonds is 2. The molecule has 5 nitrogen and oxygen atoms in total. The van der Waals surface area contributed by atoms with E-state index in [1.807, 2.05) is 22.7 Å². The number of piperazine rings is 1. The van der Waals surface area contributed by atoms with Crippen molar-refractivity contribution in [2.75, 3.05) is 36.8 Å². The van der Waals surface area contributed by atoms with Crippen LogP contribution in [-0.2, 0) is 4.79 Å². The summed E-state index contributed by atoms with van der Waals surface area (Å²) in [7, 11) is 0. The number of carbonyl (C=O) groups is 1. The average molecular weight is 385 g/mol. The minimum atomic E-state index is 0.108. The Morgan fingerprint density at radius 2 is 1.92 bits per heavy atom. The zero-order chi connectivity index (χ0) is 17.5. The smallest absolute Gasteiger partial charge is 0.270 e. The van der Waals surface area contributed by atoms with Crippen LogP contribution in [0.15, 0.2) is 51.1 Å². The van der Waals surface area contributed by atoms with Crippen molar-refractivity contribution in [2.45, 2.75) is 10.3 Å².